The van der Waals surface area contributed by atoms with Crippen molar-refractivity contribution in [2.45, 2.75) is 70.8 Å². The zero-order valence-corrected chi connectivity index (χ0v) is 16.6. The first kappa shape index (κ1) is 19.1. The standard InChI is InChI=1S/C18H33N3O3S/c1-3-18(10-7-11-18)17(22)20-12-14-21(15-13-20)25(23,24)19(2)16-8-5-4-6-9-16/h16H,3-15H2,1-2H3. The van der Waals surface area contributed by atoms with Crippen LogP contribution in [0.4, 0.5) is 0 Å². The minimum absolute atomic E-state index is 0.136. The zero-order valence-electron chi connectivity index (χ0n) is 15.7. The van der Waals surface area contributed by atoms with Crippen LogP contribution < -0.4 is 0 Å². The summed E-state index contributed by atoms with van der Waals surface area (Å²) in [5.41, 5.74) is -0.153. The summed E-state index contributed by atoms with van der Waals surface area (Å²) in [6.07, 6.45) is 9.40. The van der Waals surface area contributed by atoms with Crippen LogP contribution >= 0.6 is 0 Å². The second-order valence-corrected chi connectivity index (χ2v) is 9.98. The Balaban J connectivity index is 1.58. The molecule has 0 aromatic heterocycles. The van der Waals surface area contributed by atoms with Crippen LogP contribution in [0.25, 0.3) is 0 Å². The van der Waals surface area contributed by atoms with E-state index in [9.17, 15) is 13.2 Å². The highest BCUT2D eigenvalue weighted by molar-refractivity contribution is 7.86. The predicted molar refractivity (Wildman–Crippen MR) is 98.3 cm³/mol. The minimum Gasteiger partial charge on any atom is -0.340 e. The molecule has 25 heavy (non-hydrogen) atoms. The van der Waals surface area contributed by atoms with E-state index in [1.54, 1.807) is 15.7 Å². The number of piperazine rings is 1. The van der Waals surface area contributed by atoms with Crippen molar-refractivity contribution in [2.75, 3.05) is 33.2 Å². The first-order valence-corrected chi connectivity index (χ1v) is 11.3. The molecule has 1 saturated heterocycles. The maximum atomic E-state index is 12.9. The molecule has 2 saturated carbocycles. The molecule has 1 amide bonds. The average Bonchev–Trinajstić information content (AvgIpc) is 2.61. The molecule has 0 spiro atoms. The van der Waals surface area contributed by atoms with Gasteiger partial charge in [0.25, 0.3) is 10.2 Å². The Labute approximate surface area is 152 Å². The largest absolute Gasteiger partial charge is 0.340 e. The topological polar surface area (TPSA) is 60.9 Å². The average molecular weight is 372 g/mol. The molecular formula is C18H33N3O3S. The molecule has 3 fully saturated rings. The van der Waals surface area contributed by atoms with E-state index < -0.39 is 10.2 Å². The normalized spacial score (nSPS) is 25.8. The highest BCUT2D eigenvalue weighted by atomic mass is 32.2. The molecule has 0 aromatic carbocycles. The van der Waals surface area contributed by atoms with Crippen LogP contribution in [0.1, 0.15) is 64.7 Å². The fourth-order valence-corrected chi connectivity index (χ4v) is 6.17. The lowest BCUT2D eigenvalue weighted by molar-refractivity contribution is -0.149. The first-order valence-electron chi connectivity index (χ1n) is 9.93. The quantitative estimate of drug-likeness (QED) is 0.744. The molecular weight excluding hydrogens is 338 g/mol. The highest BCUT2D eigenvalue weighted by Gasteiger charge is 2.45. The number of amides is 1. The van der Waals surface area contributed by atoms with Gasteiger partial charge in [-0.1, -0.05) is 32.6 Å². The Hall–Kier alpha value is -0.660. The molecule has 2 aliphatic carbocycles. The summed E-state index contributed by atoms with van der Waals surface area (Å²) >= 11 is 0. The lowest BCUT2D eigenvalue weighted by atomic mass is 9.66. The molecule has 0 N–H and O–H groups in total. The van der Waals surface area contributed by atoms with Gasteiger partial charge in [0.1, 0.15) is 0 Å². The Morgan fingerprint density at radius 3 is 2.12 bits per heavy atom. The maximum Gasteiger partial charge on any atom is 0.282 e. The van der Waals surface area contributed by atoms with Crippen molar-refractivity contribution in [3.63, 3.8) is 0 Å². The van der Waals surface area contributed by atoms with Crippen molar-refractivity contribution in [3.8, 4) is 0 Å². The molecule has 6 nitrogen and oxygen atoms in total. The summed E-state index contributed by atoms with van der Waals surface area (Å²) in [5.74, 6) is 0.249. The third-order valence-corrected chi connectivity index (χ3v) is 8.79. The molecule has 3 aliphatic rings. The summed E-state index contributed by atoms with van der Waals surface area (Å²) in [7, 11) is -1.69. The van der Waals surface area contributed by atoms with Crippen molar-refractivity contribution in [1.82, 2.24) is 13.5 Å². The summed E-state index contributed by atoms with van der Waals surface area (Å²) in [6, 6.07) is 0.136. The fourth-order valence-electron chi connectivity index (χ4n) is 4.59. The van der Waals surface area contributed by atoms with E-state index in [4.69, 9.17) is 0 Å². The van der Waals surface area contributed by atoms with Gasteiger partial charge in [0, 0.05) is 44.7 Å². The fraction of sp³-hybridized carbons (Fsp3) is 0.944. The Morgan fingerprint density at radius 1 is 1.04 bits per heavy atom. The third-order valence-electron chi connectivity index (χ3n) is 6.75. The summed E-state index contributed by atoms with van der Waals surface area (Å²) in [5, 5.41) is 0. The predicted octanol–water partition coefficient (Wildman–Crippen LogP) is 2.22. The van der Waals surface area contributed by atoms with Crippen LogP contribution in [-0.2, 0) is 15.0 Å². The van der Waals surface area contributed by atoms with E-state index in [2.05, 4.69) is 6.92 Å². The molecule has 0 aromatic rings. The third kappa shape index (κ3) is 3.60. The molecule has 1 aliphatic heterocycles. The van der Waals surface area contributed by atoms with E-state index in [-0.39, 0.29) is 17.4 Å². The lowest BCUT2D eigenvalue weighted by Gasteiger charge is -2.45. The molecule has 144 valence electrons. The van der Waals surface area contributed by atoms with Gasteiger partial charge in [0.2, 0.25) is 5.91 Å². The van der Waals surface area contributed by atoms with Gasteiger partial charge >= 0.3 is 0 Å². The van der Waals surface area contributed by atoms with Crippen LogP contribution in [0.2, 0.25) is 0 Å². The van der Waals surface area contributed by atoms with E-state index in [1.165, 1.54) is 6.42 Å². The van der Waals surface area contributed by atoms with E-state index in [1.807, 2.05) is 4.90 Å². The zero-order chi connectivity index (χ0) is 18.1. The monoisotopic (exact) mass is 371 g/mol. The molecule has 0 unspecified atom stereocenters. The van der Waals surface area contributed by atoms with Crippen molar-refractivity contribution >= 4 is 16.1 Å². The minimum atomic E-state index is -3.41. The van der Waals surface area contributed by atoms with Gasteiger partial charge in [-0.3, -0.25) is 4.79 Å². The smallest absolute Gasteiger partial charge is 0.282 e. The van der Waals surface area contributed by atoms with Gasteiger partial charge < -0.3 is 4.90 Å². The SMILES string of the molecule is CCC1(C(=O)N2CCN(S(=O)(=O)N(C)C3CCCCC3)CC2)CCC1. The lowest BCUT2D eigenvalue weighted by Crippen LogP contribution is -2.58. The summed E-state index contributed by atoms with van der Waals surface area (Å²) in [4.78, 5) is 14.7. The van der Waals surface area contributed by atoms with Crippen LogP contribution in [0, 0.1) is 5.41 Å². The molecule has 0 radical (unpaired) electrons. The summed E-state index contributed by atoms with van der Waals surface area (Å²) in [6.45, 7) is 3.99. The maximum absolute atomic E-state index is 12.9. The summed E-state index contributed by atoms with van der Waals surface area (Å²) < 4.78 is 29.0. The van der Waals surface area contributed by atoms with Crippen LogP contribution in [0.3, 0.4) is 0 Å². The number of carbonyl (C=O) groups excluding carboxylic acids is 1. The number of nitrogens with zero attached hydrogens (tertiary/aromatic N) is 3. The second-order valence-electron chi connectivity index (χ2n) is 7.99. The van der Waals surface area contributed by atoms with Crippen LogP contribution in [0.15, 0.2) is 0 Å². The van der Waals surface area contributed by atoms with Gasteiger partial charge in [0.15, 0.2) is 0 Å². The van der Waals surface area contributed by atoms with Gasteiger partial charge in [-0.2, -0.15) is 17.0 Å². The Bertz CT molecular complexity index is 569. The molecule has 0 bridgehead atoms. The van der Waals surface area contributed by atoms with Crippen molar-refractivity contribution < 1.29 is 13.2 Å². The Morgan fingerprint density at radius 2 is 1.64 bits per heavy atom. The van der Waals surface area contributed by atoms with Crippen molar-refractivity contribution in [3.05, 3.63) is 0 Å². The van der Waals surface area contributed by atoms with E-state index in [0.717, 1.165) is 51.4 Å². The van der Waals surface area contributed by atoms with Gasteiger partial charge in [-0.15, -0.1) is 0 Å². The molecule has 7 heteroatoms. The molecule has 1 heterocycles. The van der Waals surface area contributed by atoms with Gasteiger partial charge in [-0.25, -0.2) is 0 Å². The first-order chi connectivity index (χ1) is 11.9. The van der Waals surface area contributed by atoms with E-state index in [0.29, 0.717) is 26.2 Å². The highest BCUT2D eigenvalue weighted by Crippen LogP contribution is 2.45. The number of carbonyl (C=O) groups is 1. The van der Waals surface area contributed by atoms with Crippen LogP contribution in [-0.4, -0.2) is 67.1 Å². The van der Waals surface area contributed by atoms with Crippen LogP contribution in [0.5, 0.6) is 0 Å². The van der Waals surface area contributed by atoms with E-state index >= 15 is 0 Å². The number of hydrogen-bond donors (Lipinski definition) is 0. The number of hydrogen-bond acceptors (Lipinski definition) is 3. The molecule has 3 rings (SSSR count). The number of rotatable bonds is 5. The Kier molecular flexibility index (Phi) is 5.75. The molecule has 0 atom stereocenters. The van der Waals surface area contributed by atoms with Crippen molar-refractivity contribution in [1.29, 1.82) is 0 Å². The second kappa shape index (κ2) is 7.53. The van der Waals surface area contributed by atoms with Crippen molar-refractivity contribution in [2.24, 2.45) is 5.41 Å². The van der Waals surface area contributed by atoms with Gasteiger partial charge in [0.05, 0.1) is 0 Å². The van der Waals surface area contributed by atoms with Gasteiger partial charge in [-0.05, 0) is 32.1 Å².